The van der Waals surface area contributed by atoms with Gasteiger partial charge in [-0.2, -0.15) is 0 Å². The minimum Gasteiger partial charge on any atom is -0.311 e. The molecule has 18 heavy (non-hydrogen) atoms. The maximum absolute atomic E-state index is 3.69. The van der Waals surface area contributed by atoms with Crippen molar-refractivity contribution in [2.24, 2.45) is 5.41 Å². The van der Waals surface area contributed by atoms with Gasteiger partial charge in [0.05, 0.1) is 0 Å². The molecule has 1 atom stereocenters. The summed E-state index contributed by atoms with van der Waals surface area (Å²) in [6.07, 6.45) is 5.38. The summed E-state index contributed by atoms with van der Waals surface area (Å²) in [6.45, 7) is 17.5. The smallest absolute Gasteiger partial charge is 0.00967 e. The van der Waals surface area contributed by atoms with Gasteiger partial charge in [0, 0.05) is 24.7 Å². The molecule has 0 heterocycles. The van der Waals surface area contributed by atoms with Crippen molar-refractivity contribution in [3.63, 3.8) is 0 Å². The first-order valence-corrected chi connectivity index (χ1v) is 7.79. The van der Waals surface area contributed by atoms with Crippen LogP contribution in [0.3, 0.4) is 0 Å². The minimum atomic E-state index is 0.228. The number of hydrogen-bond donors (Lipinski definition) is 1. The highest BCUT2D eigenvalue weighted by Crippen LogP contribution is 2.31. The third kappa shape index (κ3) is 5.71. The Morgan fingerprint density at radius 2 is 1.72 bits per heavy atom. The summed E-state index contributed by atoms with van der Waals surface area (Å²) in [6, 6.07) is 0.894. The van der Waals surface area contributed by atoms with E-state index in [1.54, 1.807) is 0 Å². The van der Waals surface area contributed by atoms with Crippen LogP contribution in [-0.2, 0) is 0 Å². The van der Waals surface area contributed by atoms with Crippen LogP contribution in [0.15, 0.2) is 0 Å². The molecule has 2 heteroatoms. The van der Waals surface area contributed by atoms with Gasteiger partial charge in [-0.3, -0.25) is 4.90 Å². The SMILES string of the molecule is CCCN(CC(C)(CC)CNC(C)(C)C)C1CC1. The first-order chi connectivity index (χ1) is 8.29. The van der Waals surface area contributed by atoms with Crippen molar-refractivity contribution in [3.05, 3.63) is 0 Å². The second kappa shape index (κ2) is 6.38. The van der Waals surface area contributed by atoms with Crippen molar-refractivity contribution in [1.82, 2.24) is 10.2 Å². The standard InChI is InChI=1S/C16H34N2/c1-7-11-18(14-9-10-14)13-16(6,8-2)12-17-15(3,4)5/h14,17H,7-13H2,1-6H3. The van der Waals surface area contributed by atoms with E-state index in [4.69, 9.17) is 0 Å². The first kappa shape index (κ1) is 16.0. The van der Waals surface area contributed by atoms with E-state index in [1.807, 2.05) is 0 Å². The van der Waals surface area contributed by atoms with Gasteiger partial charge in [-0.1, -0.05) is 20.8 Å². The third-order valence-electron chi connectivity index (χ3n) is 4.06. The normalized spacial score (nSPS) is 20.2. The van der Waals surface area contributed by atoms with E-state index in [2.05, 4.69) is 51.8 Å². The van der Waals surface area contributed by atoms with Gasteiger partial charge in [-0.15, -0.1) is 0 Å². The molecular weight excluding hydrogens is 220 g/mol. The first-order valence-electron chi connectivity index (χ1n) is 7.79. The molecule has 0 bridgehead atoms. The van der Waals surface area contributed by atoms with Crippen LogP contribution in [0, 0.1) is 5.41 Å². The number of rotatable bonds is 8. The molecule has 1 unspecified atom stereocenters. The average molecular weight is 254 g/mol. The van der Waals surface area contributed by atoms with Crippen LogP contribution in [-0.4, -0.2) is 36.1 Å². The largest absolute Gasteiger partial charge is 0.311 e. The summed E-state index contributed by atoms with van der Waals surface area (Å²) in [5.74, 6) is 0. The highest BCUT2D eigenvalue weighted by atomic mass is 15.2. The zero-order chi connectivity index (χ0) is 13.8. The maximum atomic E-state index is 3.69. The highest BCUT2D eigenvalue weighted by Gasteiger charge is 2.34. The van der Waals surface area contributed by atoms with Crippen molar-refractivity contribution < 1.29 is 0 Å². The molecule has 1 aliphatic rings. The van der Waals surface area contributed by atoms with Crippen molar-refractivity contribution in [3.8, 4) is 0 Å². The summed E-state index contributed by atoms with van der Waals surface area (Å²) in [4.78, 5) is 2.73. The van der Waals surface area contributed by atoms with Gasteiger partial charge >= 0.3 is 0 Å². The van der Waals surface area contributed by atoms with Gasteiger partial charge in [-0.05, 0) is 58.4 Å². The molecule has 1 rings (SSSR count). The molecule has 0 aromatic heterocycles. The van der Waals surface area contributed by atoms with Gasteiger partial charge in [0.15, 0.2) is 0 Å². The van der Waals surface area contributed by atoms with Gasteiger partial charge in [-0.25, -0.2) is 0 Å². The summed E-state index contributed by atoms with van der Waals surface area (Å²) >= 11 is 0. The van der Waals surface area contributed by atoms with Crippen LogP contribution in [0.4, 0.5) is 0 Å². The van der Waals surface area contributed by atoms with Gasteiger partial charge in [0.2, 0.25) is 0 Å². The van der Waals surface area contributed by atoms with Crippen LogP contribution in [0.1, 0.15) is 67.2 Å². The fraction of sp³-hybridized carbons (Fsp3) is 1.00. The number of nitrogens with zero attached hydrogens (tertiary/aromatic N) is 1. The molecule has 108 valence electrons. The van der Waals surface area contributed by atoms with Crippen LogP contribution < -0.4 is 5.32 Å². The maximum Gasteiger partial charge on any atom is 0.00967 e. The lowest BCUT2D eigenvalue weighted by molar-refractivity contribution is 0.140. The summed E-state index contributed by atoms with van der Waals surface area (Å²) < 4.78 is 0. The third-order valence-corrected chi connectivity index (χ3v) is 4.06. The van der Waals surface area contributed by atoms with Crippen LogP contribution in [0.2, 0.25) is 0 Å². The fourth-order valence-corrected chi connectivity index (χ4v) is 2.38. The second-order valence-electron chi connectivity index (χ2n) is 7.47. The van der Waals surface area contributed by atoms with E-state index in [1.165, 1.54) is 38.8 Å². The van der Waals surface area contributed by atoms with Gasteiger partial charge in [0.25, 0.3) is 0 Å². The quantitative estimate of drug-likeness (QED) is 0.711. The molecule has 0 radical (unpaired) electrons. The number of nitrogens with one attached hydrogen (secondary N) is 1. The van der Waals surface area contributed by atoms with Crippen molar-refractivity contribution in [2.75, 3.05) is 19.6 Å². The van der Waals surface area contributed by atoms with Crippen LogP contribution in [0.25, 0.3) is 0 Å². The molecule has 1 N–H and O–H groups in total. The second-order valence-corrected chi connectivity index (χ2v) is 7.47. The summed E-state index contributed by atoms with van der Waals surface area (Å²) in [7, 11) is 0. The lowest BCUT2D eigenvalue weighted by Crippen LogP contribution is -2.48. The summed E-state index contributed by atoms with van der Waals surface area (Å²) in [5.41, 5.74) is 0.636. The molecule has 0 aromatic rings. The predicted octanol–water partition coefficient (Wildman–Crippen LogP) is 3.67. The Labute approximate surface area is 115 Å². The Bertz CT molecular complexity index is 240. The zero-order valence-electron chi connectivity index (χ0n) is 13.5. The number of hydrogen-bond acceptors (Lipinski definition) is 2. The molecule has 0 aliphatic heterocycles. The predicted molar refractivity (Wildman–Crippen MR) is 81.0 cm³/mol. The monoisotopic (exact) mass is 254 g/mol. The average Bonchev–Trinajstić information content (AvgIpc) is 3.09. The van der Waals surface area contributed by atoms with E-state index in [0.29, 0.717) is 5.41 Å². The van der Waals surface area contributed by atoms with E-state index >= 15 is 0 Å². The van der Waals surface area contributed by atoms with Crippen LogP contribution in [0.5, 0.6) is 0 Å². The van der Waals surface area contributed by atoms with E-state index < -0.39 is 0 Å². The van der Waals surface area contributed by atoms with Gasteiger partial charge in [0.1, 0.15) is 0 Å². The van der Waals surface area contributed by atoms with E-state index in [0.717, 1.165) is 12.6 Å². The molecule has 0 saturated heterocycles. The van der Waals surface area contributed by atoms with Gasteiger partial charge < -0.3 is 5.32 Å². The summed E-state index contributed by atoms with van der Waals surface area (Å²) in [5, 5.41) is 3.69. The Kier molecular flexibility index (Phi) is 5.67. The van der Waals surface area contributed by atoms with Crippen molar-refractivity contribution in [1.29, 1.82) is 0 Å². The Balaban J connectivity index is 2.51. The Morgan fingerprint density at radius 3 is 2.11 bits per heavy atom. The molecule has 1 saturated carbocycles. The lowest BCUT2D eigenvalue weighted by atomic mass is 9.85. The lowest BCUT2D eigenvalue weighted by Gasteiger charge is -2.37. The zero-order valence-corrected chi connectivity index (χ0v) is 13.5. The Morgan fingerprint density at radius 1 is 1.11 bits per heavy atom. The van der Waals surface area contributed by atoms with Crippen LogP contribution >= 0.6 is 0 Å². The molecule has 0 spiro atoms. The highest BCUT2D eigenvalue weighted by molar-refractivity contribution is 4.90. The van der Waals surface area contributed by atoms with E-state index in [-0.39, 0.29) is 5.54 Å². The molecule has 0 aromatic carbocycles. The topological polar surface area (TPSA) is 15.3 Å². The van der Waals surface area contributed by atoms with Crippen molar-refractivity contribution in [2.45, 2.75) is 78.8 Å². The molecule has 1 fully saturated rings. The molecule has 0 amide bonds. The van der Waals surface area contributed by atoms with Crippen molar-refractivity contribution >= 4 is 0 Å². The molecule has 1 aliphatic carbocycles. The fourth-order valence-electron chi connectivity index (χ4n) is 2.38. The molecule has 2 nitrogen and oxygen atoms in total. The minimum absolute atomic E-state index is 0.228. The Hall–Kier alpha value is -0.0800. The molecular formula is C16H34N2. The van der Waals surface area contributed by atoms with E-state index in [9.17, 15) is 0 Å².